The van der Waals surface area contributed by atoms with Crippen LogP contribution in [0.25, 0.3) is 11.1 Å². The zero-order valence-corrected chi connectivity index (χ0v) is 44.7. The average Bonchev–Trinajstić information content (AvgIpc) is 4.40. The van der Waals surface area contributed by atoms with Crippen molar-refractivity contribution in [2.75, 3.05) is 52.4 Å². The van der Waals surface area contributed by atoms with E-state index >= 15 is 9.59 Å². The highest BCUT2D eigenvalue weighted by Gasteiger charge is 2.81. The number of hydrogen-bond acceptors (Lipinski definition) is 10. The summed E-state index contributed by atoms with van der Waals surface area (Å²) in [5, 5.41) is 19.3. The summed E-state index contributed by atoms with van der Waals surface area (Å²) in [7, 11) is 0. The smallest absolute Gasteiger partial charge is 0.238 e. The molecule has 2 aliphatic carbocycles. The standard InChI is InChI=1S/C65H76N8O2/c1-4-5-32-57-58(70-38-17-18-39-70)60(75)64(73-44-23-24-45-73)59(74)49(3)48(2)46-62(64,72-42-21-22-43-72)61(57,71-40-19-20-41-71)47-50-34-36-51(37-35-50)55-31-15-16-33-56(55)65(66-68-69-67-65)63(52-25-9-6-10-26-52,53-27-11-7-12-28-53)54-29-13-8-14-30-54/h6-16,25-31,33-37,48-49H,4-5,17-24,32,38-47H2,1-3H3. The van der Waals surface area contributed by atoms with Crippen LogP contribution in [0.1, 0.15) is 126 Å². The number of carbonyl (C=O) groups excluding carboxylic acids is 2. The molecule has 5 aromatic carbocycles. The number of nitrogens with zero attached hydrogens (tertiary/aromatic N) is 8. The van der Waals surface area contributed by atoms with E-state index in [1.807, 2.05) is 0 Å². The Kier molecular flexibility index (Phi) is 13.4. The first-order valence-electron chi connectivity index (χ1n) is 28.8. The van der Waals surface area contributed by atoms with Gasteiger partial charge in [-0.25, -0.2) is 0 Å². The quantitative estimate of drug-likeness (QED) is 0.0766. The summed E-state index contributed by atoms with van der Waals surface area (Å²) < 4.78 is 0. The Bertz CT molecular complexity index is 2840. The minimum atomic E-state index is -1.33. The maximum Gasteiger partial charge on any atom is 0.238 e. The fraction of sp³-hybridized carbons (Fsp3) is 0.477. The Morgan fingerprint density at radius 2 is 1.07 bits per heavy atom. The lowest BCUT2D eigenvalue weighted by Gasteiger charge is -2.72. The van der Waals surface area contributed by atoms with E-state index in [0.29, 0.717) is 0 Å². The summed E-state index contributed by atoms with van der Waals surface area (Å²) in [5.41, 5.74) is 4.61. The largest absolute Gasteiger partial charge is 0.369 e. The van der Waals surface area contributed by atoms with Crippen LogP contribution in [-0.4, -0.2) is 100 Å². The zero-order chi connectivity index (χ0) is 51.3. The van der Waals surface area contributed by atoms with Gasteiger partial charge >= 0.3 is 0 Å². The van der Waals surface area contributed by atoms with Gasteiger partial charge in [0, 0.05) is 24.6 Å². The summed E-state index contributed by atoms with van der Waals surface area (Å²) >= 11 is 0. The molecule has 5 aromatic rings. The van der Waals surface area contributed by atoms with Gasteiger partial charge in [0.2, 0.25) is 11.4 Å². The van der Waals surface area contributed by atoms with Gasteiger partial charge in [0.15, 0.2) is 11.3 Å². The number of Topliss-reactive ketones (excluding diaryl/α,β-unsaturated/α-hetero) is 2. The number of hydrogen-bond donors (Lipinski definition) is 0. The third kappa shape index (κ3) is 7.35. The molecule has 0 aromatic heterocycles. The van der Waals surface area contributed by atoms with Crippen LogP contribution in [0, 0.1) is 11.8 Å². The number of fused-ring (bicyclic) bond motifs is 1. The molecule has 0 spiro atoms. The van der Waals surface area contributed by atoms with Crippen LogP contribution in [0.5, 0.6) is 0 Å². The Morgan fingerprint density at radius 1 is 0.573 bits per heavy atom. The van der Waals surface area contributed by atoms with Crippen LogP contribution < -0.4 is 0 Å². The van der Waals surface area contributed by atoms with Gasteiger partial charge < -0.3 is 4.90 Å². The molecule has 5 unspecified atom stereocenters. The molecular weight excluding hydrogens is 925 g/mol. The van der Waals surface area contributed by atoms with E-state index < -0.39 is 27.7 Å². The number of rotatable bonds is 15. The highest BCUT2D eigenvalue weighted by molar-refractivity contribution is 6.22. The van der Waals surface area contributed by atoms with E-state index in [9.17, 15) is 0 Å². The fourth-order valence-corrected chi connectivity index (χ4v) is 16.3. The molecule has 5 atom stereocenters. The van der Waals surface area contributed by atoms with Crippen molar-refractivity contribution in [1.82, 2.24) is 19.6 Å². The molecule has 4 saturated heterocycles. The Hall–Kier alpha value is -5.94. The maximum absolute atomic E-state index is 16.9. The topological polar surface area (TPSA) is 96.5 Å². The lowest BCUT2D eigenvalue weighted by atomic mass is 9.44. The first kappa shape index (κ1) is 49.9. The minimum Gasteiger partial charge on any atom is -0.369 e. The summed E-state index contributed by atoms with van der Waals surface area (Å²) in [6, 6.07) is 49.8. The van der Waals surface area contributed by atoms with Gasteiger partial charge in [0.1, 0.15) is 0 Å². The number of ketones is 2. The summed E-state index contributed by atoms with van der Waals surface area (Å²) in [6.07, 6.45) is 13.0. The molecule has 0 radical (unpaired) electrons. The molecule has 0 bridgehead atoms. The molecule has 12 rings (SSSR count). The van der Waals surface area contributed by atoms with Gasteiger partial charge in [0.25, 0.3) is 0 Å². The van der Waals surface area contributed by atoms with Gasteiger partial charge in [-0.05, 0) is 172 Å². The summed E-state index contributed by atoms with van der Waals surface area (Å²) in [6.45, 7) is 13.9. The van der Waals surface area contributed by atoms with Crippen LogP contribution >= 0.6 is 0 Å². The third-order valence-corrected chi connectivity index (χ3v) is 19.5. The third-order valence-electron chi connectivity index (χ3n) is 19.5. The van der Waals surface area contributed by atoms with Crippen molar-refractivity contribution in [3.8, 4) is 11.1 Å². The first-order valence-corrected chi connectivity index (χ1v) is 28.8. The van der Waals surface area contributed by atoms with Crippen molar-refractivity contribution in [1.29, 1.82) is 0 Å². The predicted molar refractivity (Wildman–Crippen MR) is 297 cm³/mol. The second kappa shape index (κ2) is 20.2. The van der Waals surface area contributed by atoms with Crippen molar-refractivity contribution >= 4 is 11.6 Å². The monoisotopic (exact) mass is 1000 g/mol. The van der Waals surface area contributed by atoms with Crippen molar-refractivity contribution < 1.29 is 9.59 Å². The summed E-state index contributed by atoms with van der Waals surface area (Å²) in [5.74, 6) is 0.233. The van der Waals surface area contributed by atoms with Crippen molar-refractivity contribution in [2.24, 2.45) is 32.5 Å². The molecule has 388 valence electrons. The molecule has 5 fully saturated rings. The molecule has 5 aliphatic heterocycles. The lowest BCUT2D eigenvalue weighted by molar-refractivity contribution is -0.193. The maximum atomic E-state index is 16.9. The van der Waals surface area contributed by atoms with Crippen LogP contribution in [-0.2, 0) is 27.1 Å². The molecular formula is C65H76N8O2. The molecule has 5 heterocycles. The molecule has 10 heteroatoms. The zero-order valence-electron chi connectivity index (χ0n) is 44.7. The van der Waals surface area contributed by atoms with Crippen molar-refractivity contribution in [2.45, 2.75) is 132 Å². The van der Waals surface area contributed by atoms with Crippen LogP contribution in [0.15, 0.2) is 171 Å². The predicted octanol–water partition coefficient (Wildman–Crippen LogP) is 12.8. The lowest BCUT2D eigenvalue weighted by Crippen LogP contribution is -2.91. The number of unbranched alkanes of at least 4 members (excludes halogenated alkanes) is 1. The second-order valence-corrected chi connectivity index (χ2v) is 23.1. The van der Waals surface area contributed by atoms with Gasteiger partial charge in [-0.15, -0.1) is 10.2 Å². The van der Waals surface area contributed by atoms with E-state index in [-0.39, 0.29) is 23.4 Å². The highest BCUT2D eigenvalue weighted by atomic mass is 16.2. The number of likely N-dealkylation sites (tertiary alicyclic amines) is 4. The van der Waals surface area contributed by atoms with Crippen molar-refractivity contribution in [3.63, 3.8) is 0 Å². The van der Waals surface area contributed by atoms with Crippen molar-refractivity contribution in [3.05, 3.63) is 179 Å². The van der Waals surface area contributed by atoms with Gasteiger partial charge in [-0.3, -0.25) is 24.3 Å². The Balaban J connectivity index is 1.08. The molecule has 10 nitrogen and oxygen atoms in total. The van der Waals surface area contributed by atoms with E-state index in [2.05, 4.69) is 190 Å². The highest BCUT2D eigenvalue weighted by Crippen LogP contribution is 2.64. The van der Waals surface area contributed by atoms with Crippen LogP contribution in [0.3, 0.4) is 0 Å². The van der Waals surface area contributed by atoms with Gasteiger partial charge in [0.05, 0.1) is 22.2 Å². The average molecular weight is 1000 g/mol. The van der Waals surface area contributed by atoms with E-state index in [1.165, 1.54) is 11.1 Å². The summed E-state index contributed by atoms with van der Waals surface area (Å²) in [4.78, 5) is 43.9. The molecule has 0 amide bonds. The van der Waals surface area contributed by atoms with Crippen LogP contribution in [0.2, 0.25) is 0 Å². The fourth-order valence-electron chi connectivity index (χ4n) is 16.3. The Morgan fingerprint density at radius 3 is 1.61 bits per heavy atom. The van der Waals surface area contributed by atoms with E-state index in [4.69, 9.17) is 10.2 Å². The Labute approximate surface area is 445 Å². The SMILES string of the molecule is CCCCC1=C(N2CCCC2)C(=O)C2(N3CCCC3)C(=O)C(C)C(C)CC2(N2CCCC2)C1(Cc1ccc(-c2ccccc2C2(C(c3ccccc3)(c3ccccc3)c3ccccc3)N=NN=N2)cc1)N1CCCC1. The van der Waals surface area contributed by atoms with Gasteiger partial charge in [-0.2, -0.15) is 0 Å². The normalized spacial score (nSPS) is 28.3. The van der Waals surface area contributed by atoms with E-state index in [0.717, 1.165) is 175 Å². The molecule has 7 aliphatic rings. The number of carbonyl (C=O) groups is 2. The first-order chi connectivity index (χ1) is 36.8. The van der Waals surface area contributed by atoms with E-state index in [1.54, 1.807) is 0 Å². The van der Waals surface area contributed by atoms with Crippen LogP contribution in [0.4, 0.5) is 0 Å². The minimum absolute atomic E-state index is 0.121. The van der Waals surface area contributed by atoms with Gasteiger partial charge in [-0.1, -0.05) is 167 Å². The molecule has 75 heavy (non-hydrogen) atoms. The number of benzene rings is 5. The molecule has 0 N–H and O–H groups in total. The molecule has 1 saturated carbocycles. The second-order valence-electron chi connectivity index (χ2n) is 23.1.